The number of hydrogen-bond acceptors (Lipinski definition) is 5. The minimum Gasteiger partial charge on any atom is -0.356 e. The first-order chi connectivity index (χ1) is 11.6. The van der Waals surface area contributed by atoms with Gasteiger partial charge in [-0.25, -0.2) is 9.97 Å². The molecule has 0 N–H and O–H groups in total. The third-order valence-electron chi connectivity index (χ3n) is 4.09. The fraction of sp³-hybridized carbons (Fsp3) is 0.235. The summed E-state index contributed by atoms with van der Waals surface area (Å²) in [4.78, 5) is 10.6. The van der Waals surface area contributed by atoms with Crippen molar-refractivity contribution in [3.8, 4) is 11.3 Å². The third-order valence-corrected chi connectivity index (χ3v) is 4.51. The number of nitrogens with zero attached hydrogens (tertiary/aromatic N) is 4. The van der Waals surface area contributed by atoms with E-state index in [1.807, 2.05) is 37.3 Å². The molecule has 0 fully saturated rings. The van der Waals surface area contributed by atoms with Gasteiger partial charge in [-0.1, -0.05) is 16.8 Å². The van der Waals surface area contributed by atoms with E-state index in [-0.39, 0.29) is 5.28 Å². The molecule has 0 saturated heterocycles. The molecule has 0 amide bonds. The largest absolute Gasteiger partial charge is 0.356 e. The van der Waals surface area contributed by atoms with Gasteiger partial charge in [0.1, 0.15) is 11.5 Å². The number of hydrogen-bond donors (Lipinski definition) is 0. The predicted octanol–water partition coefficient (Wildman–Crippen LogP) is 4.31. The second-order valence-corrected chi connectivity index (χ2v) is 6.53. The molecule has 24 heavy (non-hydrogen) atoms. The number of aromatic nitrogens is 3. The standard InChI is InChI=1S/C17H14Cl2N4O/c1-10-8-15(21-17(19)20-10)23-7-6-13-14(9-23)22-24-16(13)11-2-4-12(18)5-3-11/h2-5,8H,6-7,9H2,1H3. The zero-order valence-electron chi connectivity index (χ0n) is 13.0. The van der Waals surface area contributed by atoms with Gasteiger partial charge < -0.3 is 9.42 Å². The van der Waals surface area contributed by atoms with Crippen LogP contribution in [0.2, 0.25) is 10.3 Å². The molecule has 1 aromatic carbocycles. The lowest BCUT2D eigenvalue weighted by Crippen LogP contribution is -2.31. The molecular formula is C17H14Cl2N4O. The molecule has 3 aromatic rings. The summed E-state index contributed by atoms with van der Waals surface area (Å²) in [6, 6.07) is 9.53. The summed E-state index contributed by atoms with van der Waals surface area (Å²) in [5.41, 5.74) is 3.91. The molecule has 0 saturated carbocycles. The van der Waals surface area contributed by atoms with Crippen LogP contribution in [0.4, 0.5) is 5.82 Å². The lowest BCUT2D eigenvalue weighted by Gasteiger charge is -2.27. The van der Waals surface area contributed by atoms with Crippen LogP contribution in [0.3, 0.4) is 0 Å². The van der Waals surface area contributed by atoms with Crippen LogP contribution < -0.4 is 4.90 Å². The van der Waals surface area contributed by atoms with Crippen LogP contribution in [0.1, 0.15) is 17.0 Å². The summed E-state index contributed by atoms with van der Waals surface area (Å²) >= 11 is 11.9. The molecule has 1 aliphatic heterocycles. The van der Waals surface area contributed by atoms with Gasteiger partial charge in [0.15, 0.2) is 5.76 Å². The third kappa shape index (κ3) is 2.85. The smallest absolute Gasteiger partial charge is 0.224 e. The van der Waals surface area contributed by atoms with Crippen LogP contribution in [0.5, 0.6) is 0 Å². The first kappa shape index (κ1) is 15.4. The minimum absolute atomic E-state index is 0.262. The Kier molecular flexibility index (Phi) is 3.90. The highest BCUT2D eigenvalue weighted by atomic mass is 35.5. The summed E-state index contributed by atoms with van der Waals surface area (Å²) in [7, 11) is 0. The van der Waals surface area contributed by atoms with Gasteiger partial charge >= 0.3 is 0 Å². The van der Waals surface area contributed by atoms with Gasteiger partial charge in [0.05, 0.1) is 6.54 Å². The van der Waals surface area contributed by atoms with Crippen molar-refractivity contribution in [3.63, 3.8) is 0 Å². The summed E-state index contributed by atoms with van der Waals surface area (Å²) in [5.74, 6) is 1.63. The first-order valence-electron chi connectivity index (χ1n) is 7.59. The van der Waals surface area contributed by atoms with Crippen LogP contribution in [0.15, 0.2) is 34.9 Å². The summed E-state index contributed by atoms with van der Waals surface area (Å²) in [5, 5.41) is 5.22. The van der Waals surface area contributed by atoms with Crippen molar-refractivity contribution in [3.05, 3.63) is 57.6 Å². The highest BCUT2D eigenvalue weighted by Crippen LogP contribution is 2.32. The zero-order valence-corrected chi connectivity index (χ0v) is 14.5. The number of rotatable bonds is 2. The summed E-state index contributed by atoms with van der Waals surface area (Å²) < 4.78 is 5.60. The molecule has 0 bridgehead atoms. The second kappa shape index (κ2) is 6.07. The number of halogens is 2. The highest BCUT2D eigenvalue weighted by molar-refractivity contribution is 6.30. The molecule has 7 heteroatoms. The fourth-order valence-corrected chi connectivity index (χ4v) is 3.28. The average Bonchev–Trinajstić information content (AvgIpc) is 2.98. The van der Waals surface area contributed by atoms with E-state index < -0.39 is 0 Å². The van der Waals surface area contributed by atoms with Gasteiger partial charge in [-0.15, -0.1) is 0 Å². The van der Waals surface area contributed by atoms with Crippen LogP contribution in [0.25, 0.3) is 11.3 Å². The number of benzene rings is 1. The first-order valence-corrected chi connectivity index (χ1v) is 8.35. The Hall–Kier alpha value is -2.11. The van der Waals surface area contributed by atoms with Crippen molar-refractivity contribution < 1.29 is 4.52 Å². The second-order valence-electron chi connectivity index (χ2n) is 5.75. The number of anilines is 1. The monoisotopic (exact) mass is 360 g/mol. The van der Waals surface area contributed by atoms with Gasteiger partial charge in [-0.3, -0.25) is 0 Å². The van der Waals surface area contributed by atoms with Gasteiger partial charge in [0.25, 0.3) is 0 Å². The molecule has 0 atom stereocenters. The van der Waals surface area contributed by atoms with E-state index in [0.717, 1.165) is 47.1 Å². The quantitative estimate of drug-likeness (QED) is 0.637. The predicted molar refractivity (Wildman–Crippen MR) is 93.5 cm³/mol. The van der Waals surface area contributed by atoms with Gasteiger partial charge in [-0.2, -0.15) is 0 Å². The Balaban J connectivity index is 1.64. The van der Waals surface area contributed by atoms with E-state index in [2.05, 4.69) is 20.0 Å². The fourth-order valence-electron chi connectivity index (χ4n) is 2.93. The molecule has 4 rings (SSSR count). The van der Waals surface area contributed by atoms with E-state index in [0.29, 0.717) is 11.6 Å². The van der Waals surface area contributed by atoms with Gasteiger partial charge in [-0.05, 0) is 49.2 Å². The molecule has 2 aromatic heterocycles. The Morgan fingerprint density at radius 1 is 1.12 bits per heavy atom. The maximum atomic E-state index is 5.97. The molecule has 3 heterocycles. The van der Waals surface area contributed by atoms with Crippen molar-refractivity contribution >= 4 is 29.0 Å². The van der Waals surface area contributed by atoms with Crippen molar-refractivity contribution in [1.29, 1.82) is 0 Å². The van der Waals surface area contributed by atoms with Gasteiger partial charge in [0.2, 0.25) is 5.28 Å². The lowest BCUT2D eigenvalue weighted by atomic mass is 10.0. The van der Waals surface area contributed by atoms with E-state index in [9.17, 15) is 0 Å². The van der Waals surface area contributed by atoms with Crippen LogP contribution in [-0.4, -0.2) is 21.7 Å². The summed E-state index contributed by atoms with van der Waals surface area (Å²) in [6.07, 6.45) is 0.831. The van der Waals surface area contributed by atoms with E-state index in [1.165, 1.54) is 0 Å². The summed E-state index contributed by atoms with van der Waals surface area (Å²) in [6.45, 7) is 3.36. The lowest BCUT2D eigenvalue weighted by molar-refractivity contribution is 0.423. The van der Waals surface area contributed by atoms with Crippen molar-refractivity contribution in [2.24, 2.45) is 0 Å². The zero-order chi connectivity index (χ0) is 16.7. The van der Waals surface area contributed by atoms with Crippen molar-refractivity contribution in [1.82, 2.24) is 15.1 Å². The average molecular weight is 361 g/mol. The van der Waals surface area contributed by atoms with Crippen LogP contribution >= 0.6 is 23.2 Å². The molecule has 0 radical (unpaired) electrons. The normalized spacial score (nSPS) is 13.9. The van der Waals surface area contributed by atoms with E-state index in [1.54, 1.807) is 0 Å². The Labute approximate surface area is 149 Å². The van der Waals surface area contributed by atoms with Gasteiger partial charge in [0, 0.05) is 34.5 Å². The maximum absolute atomic E-state index is 5.97. The molecule has 122 valence electrons. The number of fused-ring (bicyclic) bond motifs is 1. The SMILES string of the molecule is Cc1cc(N2CCc3c(noc3-c3ccc(Cl)cc3)C2)nc(Cl)n1. The van der Waals surface area contributed by atoms with Crippen molar-refractivity contribution in [2.45, 2.75) is 19.9 Å². The Morgan fingerprint density at radius 2 is 1.92 bits per heavy atom. The van der Waals surface area contributed by atoms with E-state index in [4.69, 9.17) is 27.7 Å². The number of aryl methyl sites for hydroxylation is 1. The minimum atomic E-state index is 0.262. The Bertz CT molecular complexity index is 872. The molecular weight excluding hydrogens is 347 g/mol. The van der Waals surface area contributed by atoms with Crippen molar-refractivity contribution in [2.75, 3.05) is 11.4 Å². The van der Waals surface area contributed by atoms with E-state index >= 15 is 0 Å². The van der Waals surface area contributed by atoms with Crippen LogP contribution in [0, 0.1) is 6.92 Å². The molecule has 0 aliphatic carbocycles. The highest BCUT2D eigenvalue weighted by Gasteiger charge is 2.25. The molecule has 0 spiro atoms. The maximum Gasteiger partial charge on any atom is 0.224 e. The topological polar surface area (TPSA) is 55.1 Å². The molecule has 1 aliphatic rings. The molecule has 0 unspecified atom stereocenters. The Morgan fingerprint density at radius 3 is 2.67 bits per heavy atom. The van der Waals surface area contributed by atoms with Crippen LogP contribution in [-0.2, 0) is 13.0 Å². The molecule has 5 nitrogen and oxygen atoms in total.